The Labute approximate surface area is 97.3 Å². The van der Waals surface area contributed by atoms with Gasteiger partial charge in [0.15, 0.2) is 5.82 Å². The third kappa shape index (κ3) is 2.41. The summed E-state index contributed by atoms with van der Waals surface area (Å²) in [6.07, 6.45) is 1.54. The van der Waals surface area contributed by atoms with E-state index >= 15 is 0 Å². The predicted molar refractivity (Wildman–Crippen MR) is 59.4 cm³/mol. The Bertz CT molecular complexity index is 536. The molecule has 0 fully saturated rings. The number of nitrogens with zero attached hydrogens (tertiary/aromatic N) is 3. The fourth-order valence-electron chi connectivity index (χ4n) is 1.42. The van der Waals surface area contributed by atoms with Crippen LogP contribution >= 0.6 is 0 Å². The van der Waals surface area contributed by atoms with Gasteiger partial charge >= 0.3 is 0 Å². The Morgan fingerprint density at radius 2 is 2.06 bits per heavy atom. The summed E-state index contributed by atoms with van der Waals surface area (Å²) in [5.41, 5.74) is 0.405. The Hall–Kier alpha value is -1.98. The normalized spacial score (nSPS) is 10.6. The van der Waals surface area contributed by atoms with Crippen LogP contribution in [0, 0.1) is 18.6 Å². The molecule has 1 aromatic heterocycles. The van der Waals surface area contributed by atoms with Crippen molar-refractivity contribution in [3.05, 3.63) is 41.5 Å². The van der Waals surface area contributed by atoms with Crippen LogP contribution in [0.1, 0.15) is 11.4 Å². The highest BCUT2D eigenvalue weighted by Crippen LogP contribution is 2.19. The number of aryl methyl sites for hydroxylation is 2. The largest absolute Gasteiger partial charge is 0.375 e. The number of aromatic nitrogens is 3. The molecule has 17 heavy (non-hydrogen) atoms. The summed E-state index contributed by atoms with van der Waals surface area (Å²) in [4.78, 5) is 0. The molecule has 1 heterocycles. The first-order valence-electron chi connectivity index (χ1n) is 5.10. The summed E-state index contributed by atoms with van der Waals surface area (Å²) in [5, 5.41) is 10.3. The molecule has 0 amide bonds. The third-order valence-electron chi connectivity index (χ3n) is 2.49. The van der Waals surface area contributed by atoms with Crippen molar-refractivity contribution in [1.29, 1.82) is 0 Å². The summed E-state index contributed by atoms with van der Waals surface area (Å²) in [6, 6.07) is 2.30. The second kappa shape index (κ2) is 4.48. The van der Waals surface area contributed by atoms with Crippen molar-refractivity contribution in [3.63, 3.8) is 0 Å². The second-order valence-electron chi connectivity index (χ2n) is 3.79. The molecule has 6 heteroatoms. The molecule has 0 atom stereocenters. The molecule has 4 nitrogen and oxygen atoms in total. The molecular weight excluding hydrogens is 226 g/mol. The average Bonchev–Trinajstić information content (AvgIpc) is 2.68. The standard InChI is InChI=1S/C11H12F2N4/c1-7-3-9(13)10(4-8(7)12)14-5-11-16-15-6-17(11)2/h3-4,6,14H,5H2,1-2H3. The van der Waals surface area contributed by atoms with Crippen molar-refractivity contribution in [3.8, 4) is 0 Å². The molecule has 0 aliphatic heterocycles. The zero-order valence-corrected chi connectivity index (χ0v) is 9.54. The lowest BCUT2D eigenvalue weighted by Gasteiger charge is -2.08. The van der Waals surface area contributed by atoms with E-state index in [4.69, 9.17) is 0 Å². The minimum atomic E-state index is -0.480. The van der Waals surface area contributed by atoms with Crippen LogP contribution in [0.3, 0.4) is 0 Å². The first kappa shape index (κ1) is 11.5. The minimum Gasteiger partial charge on any atom is -0.375 e. The molecule has 0 aliphatic rings. The van der Waals surface area contributed by atoms with E-state index in [0.717, 1.165) is 12.1 Å². The molecule has 0 aliphatic carbocycles. The molecule has 1 aromatic carbocycles. The topological polar surface area (TPSA) is 42.7 Å². The maximum atomic E-state index is 13.5. The SMILES string of the molecule is Cc1cc(F)c(NCc2nncn2C)cc1F. The van der Waals surface area contributed by atoms with Gasteiger partial charge in [0.2, 0.25) is 0 Å². The molecular formula is C11H12F2N4. The molecule has 0 unspecified atom stereocenters. The maximum absolute atomic E-state index is 13.5. The second-order valence-corrected chi connectivity index (χ2v) is 3.79. The van der Waals surface area contributed by atoms with Crippen LogP contribution in [-0.2, 0) is 13.6 Å². The van der Waals surface area contributed by atoms with Crippen molar-refractivity contribution >= 4 is 5.69 Å². The fourth-order valence-corrected chi connectivity index (χ4v) is 1.42. The molecule has 2 rings (SSSR count). The lowest BCUT2D eigenvalue weighted by Crippen LogP contribution is -2.07. The van der Waals surface area contributed by atoms with Crippen LogP contribution in [0.4, 0.5) is 14.5 Å². The number of nitrogens with one attached hydrogen (secondary N) is 1. The van der Waals surface area contributed by atoms with Crippen molar-refractivity contribution < 1.29 is 8.78 Å². The fraction of sp³-hybridized carbons (Fsp3) is 0.273. The van der Waals surface area contributed by atoms with Gasteiger partial charge in [-0.05, 0) is 18.6 Å². The summed E-state index contributed by atoms with van der Waals surface area (Å²) < 4.78 is 28.5. The van der Waals surface area contributed by atoms with E-state index in [1.165, 1.54) is 6.92 Å². The zero-order chi connectivity index (χ0) is 12.4. The van der Waals surface area contributed by atoms with Crippen LogP contribution in [0.25, 0.3) is 0 Å². The van der Waals surface area contributed by atoms with Crippen LogP contribution < -0.4 is 5.32 Å². The highest BCUT2D eigenvalue weighted by Gasteiger charge is 2.08. The van der Waals surface area contributed by atoms with Crippen LogP contribution in [0.5, 0.6) is 0 Å². The number of hydrogen-bond acceptors (Lipinski definition) is 3. The quantitative estimate of drug-likeness (QED) is 0.889. The molecule has 2 aromatic rings. The number of hydrogen-bond donors (Lipinski definition) is 1. The average molecular weight is 238 g/mol. The van der Waals surface area contributed by atoms with Gasteiger partial charge in [-0.3, -0.25) is 0 Å². The number of anilines is 1. The molecule has 0 saturated carbocycles. The van der Waals surface area contributed by atoms with E-state index in [2.05, 4.69) is 15.5 Å². The van der Waals surface area contributed by atoms with Crippen LogP contribution in [0.2, 0.25) is 0 Å². The van der Waals surface area contributed by atoms with E-state index in [1.54, 1.807) is 17.9 Å². The summed E-state index contributed by atoms with van der Waals surface area (Å²) in [7, 11) is 1.78. The van der Waals surface area contributed by atoms with Gasteiger partial charge in [-0.25, -0.2) is 8.78 Å². The van der Waals surface area contributed by atoms with Gasteiger partial charge in [0.25, 0.3) is 0 Å². The summed E-state index contributed by atoms with van der Waals surface area (Å²) in [6.45, 7) is 1.81. The number of halogens is 2. The van der Waals surface area contributed by atoms with E-state index in [-0.39, 0.29) is 17.8 Å². The van der Waals surface area contributed by atoms with Gasteiger partial charge < -0.3 is 9.88 Å². The Balaban J connectivity index is 2.14. The van der Waals surface area contributed by atoms with Gasteiger partial charge in [0, 0.05) is 13.1 Å². The molecule has 90 valence electrons. The van der Waals surface area contributed by atoms with Gasteiger partial charge in [-0.15, -0.1) is 10.2 Å². The van der Waals surface area contributed by atoms with Crippen molar-refractivity contribution in [2.24, 2.45) is 7.05 Å². The van der Waals surface area contributed by atoms with Gasteiger partial charge in [0.05, 0.1) is 12.2 Å². The smallest absolute Gasteiger partial charge is 0.151 e. The van der Waals surface area contributed by atoms with E-state index in [9.17, 15) is 8.78 Å². The molecule has 0 bridgehead atoms. The first-order valence-corrected chi connectivity index (χ1v) is 5.10. The lowest BCUT2D eigenvalue weighted by atomic mass is 10.2. The Morgan fingerprint density at radius 3 is 2.71 bits per heavy atom. The Morgan fingerprint density at radius 1 is 1.29 bits per heavy atom. The highest BCUT2D eigenvalue weighted by molar-refractivity contribution is 5.46. The zero-order valence-electron chi connectivity index (χ0n) is 9.54. The molecule has 0 saturated heterocycles. The van der Waals surface area contributed by atoms with E-state index < -0.39 is 11.6 Å². The molecule has 0 radical (unpaired) electrons. The molecule has 1 N–H and O–H groups in total. The predicted octanol–water partition coefficient (Wildman–Crippen LogP) is 2.01. The van der Waals surface area contributed by atoms with Crippen molar-refractivity contribution in [2.45, 2.75) is 13.5 Å². The Kier molecular flexibility index (Phi) is 3.03. The highest BCUT2D eigenvalue weighted by atomic mass is 19.1. The monoisotopic (exact) mass is 238 g/mol. The van der Waals surface area contributed by atoms with Crippen LogP contribution in [-0.4, -0.2) is 14.8 Å². The van der Waals surface area contributed by atoms with E-state index in [0.29, 0.717) is 5.82 Å². The van der Waals surface area contributed by atoms with Gasteiger partial charge in [-0.2, -0.15) is 0 Å². The van der Waals surface area contributed by atoms with E-state index in [1.807, 2.05) is 0 Å². The molecule has 0 spiro atoms. The first-order chi connectivity index (χ1) is 8.08. The minimum absolute atomic E-state index is 0.121. The van der Waals surface area contributed by atoms with Gasteiger partial charge in [0.1, 0.15) is 18.0 Å². The van der Waals surface area contributed by atoms with Crippen molar-refractivity contribution in [1.82, 2.24) is 14.8 Å². The lowest BCUT2D eigenvalue weighted by molar-refractivity contribution is 0.594. The summed E-state index contributed by atoms with van der Waals surface area (Å²) >= 11 is 0. The van der Waals surface area contributed by atoms with Gasteiger partial charge in [-0.1, -0.05) is 0 Å². The number of benzene rings is 1. The summed E-state index contributed by atoms with van der Waals surface area (Å²) in [5.74, 6) is -0.275. The number of rotatable bonds is 3. The maximum Gasteiger partial charge on any atom is 0.151 e. The third-order valence-corrected chi connectivity index (χ3v) is 2.49. The van der Waals surface area contributed by atoms with Crippen molar-refractivity contribution in [2.75, 3.05) is 5.32 Å². The van der Waals surface area contributed by atoms with Crippen LogP contribution in [0.15, 0.2) is 18.5 Å².